The summed E-state index contributed by atoms with van der Waals surface area (Å²) in [5.41, 5.74) is 4.96. The predicted molar refractivity (Wildman–Crippen MR) is 86.3 cm³/mol. The van der Waals surface area contributed by atoms with Gasteiger partial charge in [-0.25, -0.2) is 4.39 Å². The van der Waals surface area contributed by atoms with Gasteiger partial charge in [0.25, 0.3) is 11.6 Å². The number of thiocarbonyl (C=S) groups is 1. The lowest BCUT2D eigenvalue weighted by molar-refractivity contribution is -0.384. The summed E-state index contributed by atoms with van der Waals surface area (Å²) in [7, 11) is 0. The van der Waals surface area contributed by atoms with Gasteiger partial charge >= 0.3 is 0 Å². The maximum Gasteiger partial charge on any atom is 0.269 e. The van der Waals surface area contributed by atoms with E-state index in [1.54, 1.807) is 6.07 Å². The zero-order chi connectivity index (χ0) is 16.8. The van der Waals surface area contributed by atoms with Crippen LogP contribution in [0.1, 0.15) is 10.4 Å². The Morgan fingerprint density at radius 2 is 1.74 bits per heavy atom. The summed E-state index contributed by atoms with van der Waals surface area (Å²) in [5.74, 6) is -1.03. The molecular weight excluding hydrogens is 323 g/mol. The minimum absolute atomic E-state index is 0.00892. The molecule has 7 nitrogen and oxygen atoms in total. The van der Waals surface area contributed by atoms with E-state index in [2.05, 4.69) is 16.2 Å². The molecule has 0 atom stereocenters. The monoisotopic (exact) mass is 334 g/mol. The highest BCUT2D eigenvalue weighted by Gasteiger charge is 2.10. The number of benzene rings is 2. The van der Waals surface area contributed by atoms with Gasteiger partial charge in [0.1, 0.15) is 5.82 Å². The van der Waals surface area contributed by atoms with Crippen molar-refractivity contribution in [2.75, 3.05) is 5.32 Å². The van der Waals surface area contributed by atoms with Crippen molar-refractivity contribution in [1.82, 2.24) is 10.9 Å². The Morgan fingerprint density at radius 1 is 1.09 bits per heavy atom. The third-order valence-electron chi connectivity index (χ3n) is 2.75. The van der Waals surface area contributed by atoms with Crippen molar-refractivity contribution in [3.63, 3.8) is 0 Å². The van der Waals surface area contributed by atoms with Crippen LogP contribution in [0.25, 0.3) is 0 Å². The maximum atomic E-state index is 13.4. The van der Waals surface area contributed by atoms with Crippen LogP contribution in [0.15, 0.2) is 48.5 Å². The average Bonchev–Trinajstić information content (AvgIpc) is 2.55. The molecule has 1 amide bonds. The molecule has 9 heteroatoms. The van der Waals surface area contributed by atoms with Gasteiger partial charge in [0.15, 0.2) is 5.11 Å². The van der Waals surface area contributed by atoms with Gasteiger partial charge in [0.05, 0.1) is 10.6 Å². The van der Waals surface area contributed by atoms with Crippen LogP contribution in [0.4, 0.5) is 15.8 Å². The first-order chi connectivity index (χ1) is 11.0. The van der Waals surface area contributed by atoms with Gasteiger partial charge in [0.2, 0.25) is 0 Å². The van der Waals surface area contributed by atoms with Crippen LogP contribution in [0.3, 0.4) is 0 Å². The summed E-state index contributed by atoms with van der Waals surface area (Å²) in [5, 5.41) is 13.1. The third-order valence-corrected chi connectivity index (χ3v) is 2.96. The summed E-state index contributed by atoms with van der Waals surface area (Å²) in [6.45, 7) is 0. The van der Waals surface area contributed by atoms with Crippen LogP contribution in [0, 0.1) is 15.9 Å². The fraction of sp³-hybridized carbons (Fsp3) is 0. The molecule has 0 aliphatic rings. The normalized spacial score (nSPS) is 9.78. The number of amides is 1. The molecule has 0 saturated carbocycles. The van der Waals surface area contributed by atoms with E-state index in [1.165, 1.54) is 42.5 Å². The number of nitro benzene ring substituents is 1. The van der Waals surface area contributed by atoms with Crippen molar-refractivity contribution in [3.8, 4) is 0 Å². The molecule has 0 unspecified atom stereocenters. The van der Waals surface area contributed by atoms with Crippen molar-refractivity contribution in [3.05, 3.63) is 70.0 Å². The van der Waals surface area contributed by atoms with Crippen LogP contribution in [0.5, 0.6) is 0 Å². The first-order valence-corrected chi connectivity index (χ1v) is 6.74. The molecule has 0 saturated heterocycles. The number of nitrogens with one attached hydrogen (secondary N) is 3. The van der Waals surface area contributed by atoms with Crippen LogP contribution in [-0.2, 0) is 0 Å². The number of carbonyl (C=O) groups excluding carboxylic acids is 1. The summed E-state index contributed by atoms with van der Waals surface area (Å²) >= 11 is 4.93. The standard InChI is InChI=1S/C14H11FN4O3S/c15-11-3-1-2-4-12(11)16-14(23)18-17-13(20)9-5-7-10(8-6-9)19(21)22/h1-8H,(H,17,20)(H2,16,18,23). The Labute approximate surface area is 135 Å². The van der Waals surface area contributed by atoms with Gasteiger partial charge < -0.3 is 5.32 Å². The van der Waals surface area contributed by atoms with E-state index < -0.39 is 16.6 Å². The van der Waals surface area contributed by atoms with Crippen molar-refractivity contribution >= 4 is 34.6 Å². The number of carbonyl (C=O) groups is 1. The van der Waals surface area contributed by atoms with Gasteiger partial charge in [-0.15, -0.1) is 0 Å². The molecule has 0 bridgehead atoms. The molecule has 23 heavy (non-hydrogen) atoms. The van der Waals surface area contributed by atoms with Crippen molar-refractivity contribution in [1.29, 1.82) is 0 Å². The number of non-ortho nitro benzene ring substituents is 1. The van der Waals surface area contributed by atoms with Crippen molar-refractivity contribution < 1.29 is 14.1 Å². The lowest BCUT2D eigenvalue weighted by Crippen LogP contribution is -2.43. The molecule has 2 rings (SSSR count). The van der Waals surface area contributed by atoms with E-state index in [1.807, 2.05) is 0 Å². The molecule has 0 fully saturated rings. The van der Waals surface area contributed by atoms with E-state index in [4.69, 9.17) is 12.2 Å². The number of nitro groups is 1. The quantitative estimate of drug-likeness (QED) is 0.453. The van der Waals surface area contributed by atoms with Crippen LogP contribution in [-0.4, -0.2) is 15.9 Å². The number of hydrazine groups is 1. The first-order valence-electron chi connectivity index (χ1n) is 6.33. The van der Waals surface area contributed by atoms with E-state index in [0.29, 0.717) is 0 Å². The predicted octanol–water partition coefficient (Wildman–Crippen LogP) is 2.37. The smallest absolute Gasteiger partial charge is 0.269 e. The molecule has 2 aromatic rings. The fourth-order valence-corrected chi connectivity index (χ4v) is 1.80. The topological polar surface area (TPSA) is 96.3 Å². The SMILES string of the molecule is O=C(NNC(=S)Nc1ccccc1F)c1ccc([N+](=O)[O-])cc1. The molecule has 0 aliphatic heterocycles. The second-order valence-electron chi connectivity index (χ2n) is 4.32. The number of hydrogen-bond acceptors (Lipinski definition) is 4. The number of nitrogens with zero attached hydrogens (tertiary/aromatic N) is 1. The maximum absolute atomic E-state index is 13.4. The van der Waals surface area contributed by atoms with Gasteiger partial charge in [-0.3, -0.25) is 25.8 Å². The molecule has 0 heterocycles. The fourth-order valence-electron chi connectivity index (χ4n) is 1.64. The molecule has 0 spiro atoms. The van der Waals surface area contributed by atoms with E-state index in [-0.39, 0.29) is 22.1 Å². The molecule has 2 aromatic carbocycles. The van der Waals surface area contributed by atoms with E-state index in [0.717, 1.165) is 0 Å². The summed E-state index contributed by atoms with van der Waals surface area (Å²) in [6.07, 6.45) is 0. The van der Waals surface area contributed by atoms with E-state index >= 15 is 0 Å². The number of halogens is 1. The van der Waals surface area contributed by atoms with Crippen molar-refractivity contribution in [2.24, 2.45) is 0 Å². The Balaban J connectivity index is 1.90. The molecule has 118 valence electrons. The first kappa shape index (κ1) is 16.3. The summed E-state index contributed by atoms with van der Waals surface area (Å²) in [4.78, 5) is 21.8. The lowest BCUT2D eigenvalue weighted by atomic mass is 10.2. The van der Waals surface area contributed by atoms with Crippen LogP contribution < -0.4 is 16.2 Å². The molecule has 0 aliphatic carbocycles. The number of anilines is 1. The second kappa shape index (κ2) is 7.27. The highest BCUT2D eigenvalue weighted by Crippen LogP contribution is 2.12. The Kier molecular flexibility index (Phi) is 5.15. The number of hydrogen-bond donors (Lipinski definition) is 3. The Morgan fingerprint density at radius 3 is 2.35 bits per heavy atom. The van der Waals surface area contributed by atoms with Gasteiger partial charge in [-0.05, 0) is 36.5 Å². The third kappa shape index (κ3) is 4.45. The summed E-state index contributed by atoms with van der Waals surface area (Å²) in [6, 6.07) is 11.0. The second-order valence-corrected chi connectivity index (χ2v) is 4.73. The zero-order valence-electron chi connectivity index (χ0n) is 11.6. The number of rotatable bonds is 3. The zero-order valence-corrected chi connectivity index (χ0v) is 12.4. The lowest BCUT2D eigenvalue weighted by Gasteiger charge is -2.12. The highest BCUT2D eigenvalue weighted by molar-refractivity contribution is 7.80. The van der Waals surface area contributed by atoms with E-state index in [9.17, 15) is 19.3 Å². The number of para-hydroxylation sites is 1. The molecule has 3 N–H and O–H groups in total. The minimum Gasteiger partial charge on any atom is -0.329 e. The van der Waals surface area contributed by atoms with Gasteiger partial charge in [-0.2, -0.15) is 0 Å². The Hall–Kier alpha value is -3.07. The molecular formula is C14H11FN4O3S. The van der Waals surface area contributed by atoms with Crippen LogP contribution in [0.2, 0.25) is 0 Å². The molecule has 0 aromatic heterocycles. The van der Waals surface area contributed by atoms with Gasteiger partial charge in [-0.1, -0.05) is 12.1 Å². The van der Waals surface area contributed by atoms with Crippen molar-refractivity contribution in [2.45, 2.75) is 0 Å². The highest BCUT2D eigenvalue weighted by atomic mass is 32.1. The summed E-state index contributed by atoms with van der Waals surface area (Å²) < 4.78 is 13.4. The molecule has 0 radical (unpaired) electrons. The largest absolute Gasteiger partial charge is 0.329 e. The average molecular weight is 334 g/mol. The minimum atomic E-state index is -0.562. The van der Waals surface area contributed by atoms with Gasteiger partial charge in [0, 0.05) is 17.7 Å². The van der Waals surface area contributed by atoms with Crippen LogP contribution >= 0.6 is 12.2 Å². The Bertz CT molecular complexity index is 752.